The highest BCUT2D eigenvalue weighted by molar-refractivity contribution is 6.31. The Labute approximate surface area is 206 Å². The maximum atomic E-state index is 13.4. The predicted octanol–water partition coefficient (Wildman–Crippen LogP) is 4.69. The molecule has 35 heavy (non-hydrogen) atoms. The van der Waals surface area contributed by atoms with Crippen LogP contribution in [0.15, 0.2) is 71.5 Å². The van der Waals surface area contributed by atoms with Crippen molar-refractivity contribution < 1.29 is 14.3 Å². The number of aromatic amines is 1. The zero-order valence-corrected chi connectivity index (χ0v) is 19.7. The molecule has 176 valence electrons. The molecule has 0 radical (unpaired) electrons. The zero-order valence-electron chi connectivity index (χ0n) is 19.0. The summed E-state index contributed by atoms with van der Waals surface area (Å²) in [5.74, 6) is -0.256. The Balaban J connectivity index is 1.41. The van der Waals surface area contributed by atoms with E-state index >= 15 is 0 Å². The Kier molecular flexibility index (Phi) is 6.09. The summed E-state index contributed by atoms with van der Waals surface area (Å²) in [7, 11) is 0. The largest absolute Gasteiger partial charge is 0.454 e. The average molecular weight is 488 g/mol. The van der Waals surface area contributed by atoms with Gasteiger partial charge in [0, 0.05) is 23.6 Å². The Bertz CT molecular complexity index is 1500. The number of ether oxygens (including phenoxy) is 1. The molecule has 2 heterocycles. The number of halogens is 1. The first kappa shape index (κ1) is 22.8. The molecule has 5 rings (SSSR count). The van der Waals surface area contributed by atoms with Crippen LogP contribution in [0.2, 0.25) is 5.02 Å². The van der Waals surface area contributed by atoms with Gasteiger partial charge in [0.05, 0.1) is 23.0 Å². The fourth-order valence-electron chi connectivity index (χ4n) is 4.31. The maximum Gasteiger partial charge on any atom is 0.339 e. The molecule has 1 amide bonds. The van der Waals surface area contributed by atoms with Crippen molar-refractivity contribution >= 4 is 34.4 Å². The quantitative estimate of drug-likeness (QED) is 0.412. The summed E-state index contributed by atoms with van der Waals surface area (Å²) >= 11 is 6.05. The minimum Gasteiger partial charge on any atom is -0.454 e. The Morgan fingerprint density at radius 1 is 1.11 bits per heavy atom. The molecule has 0 saturated heterocycles. The van der Waals surface area contributed by atoms with E-state index in [-0.39, 0.29) is 18.0 Å². The number of benzene rings is 3. The summed E-state index contributed by atoms with van der Waals surface area (Å²) in [4.78, 5) is 47.3. The molecular weight excluding hydrogens is 466 g/mol. The summed E-state index contributed by atoms with van der Waals surface area (Å²) in [6.45, 7) is 2.38. The topological polar surface area (TPSA) is 92.4 Å². The molecule has 0 spiro atoms. The SMILES string of the molecule is CCN(Cc1nc2cc(Cl)ccc2c(=O)[nH]1)C(=O)c1ccc2c(c1)C[C@@H](c1ccccc1)OC2=O. The lowest BCUT2D eigenvalue weighted by atomic mass is 9.93. The molecule has 7 nitrogen and oxygen atoms in total. The van der Waals surface area contributed by atoms with E-state index in [0.29, 0.717) is 45.8 Å². The van der Waals surface area contributed by atoms with Crippen molar-refractivity contribution in [2.75, 3.05) is 6.54 Å². The molecule has 8 heteroatoms. The van der Waals surface area contributed by atoms with E-state index < -0.39 is 12.1 Å². The van der Waals surface area contributed by atoms with Gasteiger partial charge in [-0.3, -0.25) is 9.59 Å². The standard InChI is InChI=1S/C27H22ClN3O4/c1-2-31(15-24-29-22-14-19(28)9-11-21(22)25(32)30-24)26(33)17-8-10-20-18(12-17)13-23(35-27(20)34)16-6-4-3-5-7-16/h3-12,14,23H,2,13,15H2,1H3,(H,29,30,32)/t23-/m0/s1. The lowest BCUT2D eigenvalue weighted by Crippen LogP contribution is -2.32. The minimum absolute atomic E-state index is 0.124. The van der Waals surface area contributed by atoms with E-state index in [0.717, 1.165) is 11.1 Å². The maximum absolute atomic E-state index is 13.4. The predicted molar refractivity (Wildman–Crippen MR) is 133 cm³/mol. The number of nitrogens with one attached hydrogen (secondary N) is 1. The highest BCUT2D eigenvalue weighted by Gasteiger charge is 2.28. The number of H-pyrrole nitrogens is 1. The molecule has 1 aromatic heterocycles. The number of nitrogens with zero attached hydrogens (tertiary/aromatic N) is 2. The van der Waals surface area contributed by atoms with E-state index in [4.69, 9.17) is 16.3 Å². The number of carbonyl (C=O) groups excluding carboxylic acids is 2. The number of esters is 1. The Morgan fingerprint density at radius 3 is 2.69 bits per heavy atom. The average Bonchev–Trinajstić information content (AvgIpc) is 2.86. The van der Waals surface area contributed by atoms with Crippen LogP contribution >= 0.6 is 11.6 Å². The molecule has 4 aromatic rings. The van der Waals surface area contributed by atoms with Gasteiger partial charge in [-0.2, -0.15) is 0 Å². The van der Waals surface area contributed by atoms with Gasteiger partial charge in [0.25, 0.3) is 11.5 Å². The van der Waals surface area contributed by atoms with Crippen molar-refractivity contribution in [1.29, 1.82) is 0 Å². The normalized spacial score (nSPS) is 14.9. The molecule has 1 atom stereocenters. The van der Waals surface area contributed by atoms with E-state index in [1.165, 1.54) is 0 Å². The summed E-state index contributed by atoms with van der Waals surface area (Å²) in [6, 6.07) is 19.4. The summed E-state index contributed by atoms with van der Waals surface area (Å²) < 4.78 is 5.62. The van der Waals surface area contributed by atoms with E-state index in [1.54, 1.807) is 41.3 Å². The van der Waals surface area contributed by atoms with Gasteiger partial charge in [0.2, 0.25) is 0 Å². The van der Waals surface area contributed by atoms with Crippen molar-refractivity contribution in [3.8, 4) is 0 Å². The van der Waals surface area contributed by atoms with Crippen LogP contribution in [0, 0.1) is 0 Å². The molecular formula is C27H22ClN3O4. The fraction of sp³-hybridized carbons (Fsp3) is 0.185. The number of amides is 1. The summed E-state index contributed by atoms with van der Waals surface area (Å²) in [5.41, 5.74) is 2.78. The van der Waals surface area contributed by atoms with Gasteiger partial charge in [-0.05, 0) is 54.4 Å². The summed E-state index contributed by atoms with van der Waals surface area (Å²) in [6.07, 6.45) is 0.0843. The van der Waals surface area contributed by atoms with Crippen LogP contribution in [0.5, 0.6) is 0 Å². The first-order valence-corrected chi connectivity index (χ1v) is 11.7. The van der Waals surface area contributed by atoms with Crippen LogP contribution in [-0.2, 0) is 17.7 Å². The Hall–Kier alpha value is -3.97. The second-order valence-electron chi connectivity index (χ2n) is 8.37. The van der Waals surface area contributed by atoms with Crippen LogP contribution in [0.1, 0.15) is 50.7 Å². The van der Waals surface area contributed by atoms with Gasteiger partial charge in [0.15, 0.2) is 0 Å². The number of aromatic nitrogens is 2. The minimum atomic E-state index is -0.400. The van der Waals surface area contributed by atoms with Gasteiger partial charge in [-0.25, -0.2) is 9.78 Å². The molecule has 0 aliphatic carbocycles. The second-order valence-corrected chi connectivity index (χ2v) is 8.81. The highest BCUT2D eigenvalue weighted by atomic mass is 35.5. The van der Waals surface area contributed by atoms with Gasteiger partial charge in [-0.1, -0.05) is 41.9 Å². The molecule has 3 aromatic carbocycles. The van der Waals surface area contributed by atoms with Crippen molar-refractivity contribution in [2.24, 2.45) is 0 Å². The van der Waals surface area contributed by atoms with Crippen molar-refractivity contribution in [3.63, 3.8) is 0 Å². The van der Waals surface area contributed by atoms with Gasteiger partial charge < -0.3 is 14.6 Å². The van der Waals surface area contributed by atoms with Crippen LogP contribution in [0.25, 0.3) is 10.9 Å². The van der Waals surface area contributed by atoms with Crippen molar-refractivity contribution in [1.82, 2.24) is 14.9 Å². The molecule has 1 N–H and O–H groups in total. The van der Waals surface area contributed by atoms with Crippen LogP contribution in [0.4, 0.5) is 0 Å². The first-order chi connectivity index (χ1) is 16.9. The zero-order chi connectivity index (χ0) is 24.5. The number of hydrogen-bond donors (Lipinski definition) is 1. The molecule has 0 bridgehead atoms. The highest BCUT2D eigenvalue weighted by Crippen LogP contribution is 2.31. The number of cyclic esters (lactones) is 1. The molecule has 1 aliphatic rings. The molecule has 1 aliphatic heterocycles. The van der Waals surface area contributed by atoms with Gasteiger partial charge >= 0.3 is 5.97 Å². The van der Waals surface area contributed by atoms with Crippen molar-refractivity contribution in [3.05, 3.63) is 110 Å². The van der Waals surface area contributed by atoms with Crippen LogP contribution in [-0.4, -0.2) is 33.3 Å². The monoisotopic (exact) mass is 487 g/mol. The lowest BCUT2D eigenvalue weighted by molar-refractivity contribution is 0.0252. The van der Waals surface area contributed by atoms with Crippen LogP contribution in [0.3, 0.4) is 0 Å². The van der Waals surface area contributed by atoms with Crippen molar-refractivity contribution in [2.45, 2.75) is 26.0 Å². The fourth-order valence-corrected chi connectivity index (χ4v) is 4.48. The number of rotatable bonds is 5. The Morgan fingerprint density at radius 2 is 1.91 bits per heavy atom. The van der Waals surface area contributed by atoms with Crippen LogP contribution < -0.4 is 5.56 Å². The third-order valence-corrected chi connectivity index (χ3v) is 6.36. The number of fused-ring (bicyclic) bond motifs is 2. The van der Waals surface area contributed by atoms with E-state index in [1.807, 2.05) is 37.3 Å². The second kappa shape index (κ2) is 9.35. The lowest BCUT2D eigenvalue weighted by Gasteiger charge is -2.26. The first-order valence-electron chi connectivity index (χ1n) is 11.3. The van der Waals surface area contributed by atoms with E-state index in [9.17, 15) is 14.4 Å². The molecule has 0 fully saturated rings. The summed E-state index contributed by atoms with van der Waals surface area (Å²) in [5, 5.41) is 0.911. The molecule has 0 unspecified atom stereocenters. The van der Waals surface area contributed by atoms with Gasteiger partial charge in [-0.15, -0.1) is 0 Å². The third-order valence-electron chi connectivity index (χ3n) is 6.13. The van der Waals surface area contributed by atoms with Gasteiger partial charge in [0.1, 0.15) is 11.9 Å². The number of hydrogen-bond acceptors (Lipinski definition) is 5. The third kappa shape index (κ3) is 4.55. The van der Waals surface area contributed by atoms with E-state index in [2.05, 4.69) is 9.97 Å². The smallest absolute Gasteiger partial charge is 0.339 e. The number of carbonyl (C=O) groups is 2. The molecule has 0 saturated carbocycles.